The number of carbonyl (C=O) groups is 9. The number of carboxylic acids is 2. The van der Waals surface area contributed by atoms with Gasteiger partial charge in [-0.05, 0) is 44.4 Å². The van der Waals surface area contributed by atoms with Gasteiger partial charge >= 0.3 is 11.9 Å². The summed E-state index contributed by atoms with van der Waals surface area (Å²) in [7, 11) is 0. The maximum atomic E-state index is 13.2. The molecule has 0 unspecified atom stereocenters. The molecule has 20 N–H and O–H groups in total. The molecule has 1 aliphatic rings. The van der Waals surface area contributed by atoms with Crippen molar-refractivity contribution in [3.63, 3.8) is 0 Å². The predicted octanol–water partition coefficient (Wildman–Crippen LogP) is -7.85. The van der Waals surface area contributed by atoms with Crippen LogP contribution in [0.4, 0.5) is 0 Å². The van der Waals surface area contributed by atoms with E-state index in [9.17, 15) is 63.6 Å². The zero-order valence-electron chi connectivity index (χ0n) is 34.0. The summed E-state index contributed by atoms with van der Waals surface area (Å²) in [6, 6.07) is -10.0. The average molecular weight is 873 g/mol. The predicted molar refractivity (Wildman–Crippen MR) is 214 cm³/mol. The highest BCUT2D eigenvalue weighted by Crippen LogP contribution is 2.19. The quantitative estimate of drug-likeness (QED) is 0.0207. The van der Waals surface area contributed by atoms with Gasteiger partial charge in [-0.2, -0.15) is 0 Å². The topological polar surface area (TPSA) is 465 Å². The lowest BCUT2D eigenvalue weighted by Crippen LogP contribution is -2.60. The maximum absolute atomic E-state index is 13.2. The molecule has 1 fully saturated rings. The highest BCUT2D eigenvalue weighted by molar-refractivity contribution is 5.97. The Balaban J connectivity index is 2.86. The summed E-state index contributed by atoms with van der Waals surface area (Å²) in [5.41, 5.74) is 27.1. The molecule has 0 aromatic heterocycles. The first-order valence-electron chi connectivity index (χ1n) is 19.2. The summed E-state index contributed by atoms with van der Waals surface area (Å²) in [5.74, 6) is -10.7. The van der Waals surface area contributed by atoms with Crippen LogP contribution in [0.2, 0.25) is 0 Å². The molecule has 0 aromatic rings. The molecule has 0 saturated carbocycles. The van der Waals surface area contributed by atoms with E-state index in [-0.39, 0.29) is 57.2 Å². The van der Waals surface area contributed by atoms with Gasteiger partial charge in [0.05, 0.1) is 32.2 Å². The van der Waals surface area contributed by atoms with E-state index < -0.39 is 128 Å². The van der Waals surface area contributed by atoms with Crippen LogP contribution in [-0.2, 0) is 43.2 Å². The number of likely N-dealkylation sites (tertiary alicyclic amines) is 1. The standard InChI is InChI=1S/C34H60N14O13/c1-16(2)25(30(58)46-21(15-50)28(56)44-19(12-24(52)53)27(55)43-18(32(60)61)7-4-10-41-34(38)39)47-23(51)13-42-26(54)20(14-49)45-29(57)22-8-5-11-48(22)31(59)17(35)6-3-9-40-33(36)37/h16-22,25,49-50H,3-15,35H2,1-2H3,(H,42,54)(H,43,55)(H,44,56)(H,45,57)(H,46,58)(H,47,51)(H,52,53)(H,60,61)(H4,36,37,40)(H4,38,39,41)/t17-,18-,19-,20-,21-,22-,25-/m0/s1. The number of aliphatic imine (C=N–C) groups is 2. The number of aliphatic hydroxyl groups is 2. The molecule has 344 valence electrons. The van der Waals surface area contributed by atoms with Crippen molar-refractivity contribution in [1.29, 1.82) is 0 Å². The third kappa shape index (κ3) is 19.1. The van der Waals surface area contributed by atoms with Crippen LogP contribution in [-0.4, -0.2) is 172 Å². The Hall–Kier alpha value is -6.35. The summed E-state index contributed by atoms with van der Waals surface area (Å²) in [5, 5.41) is 52.0. The molecule has 0 spiro atoms. The molecule has 0 bridgehead atoms. The molecule has 0 radical (unpaired) electrons. The molecule has 0 aromatic carbocycles. The van der Waals surface area contributed by atoms with Crippen molar-refractivity contribution < 1.29 is 63.6 Å². The fourth-order valence-corrected chi connectivity index (χ4v) is 5.82. The minimum absolute atomic E-state index is 0.0268. The Morgan fingerprint density at radius 3 is 1.75 bits per heavy atom. The lowest BCUT2D eigenvalue weighted by atomic mass is 10.0. The Labute approximate surface area is 350 Å². The summed E-state index contributed by atoms with van der Waals surface area (Å²) in [6.45, 7) is 0.811. The smallest absolute Gasteiger partial charge is 0.326 e. The van der Waals surface area contributed by atoms with Gasteiger partial charge in [-0.3, -0.25) is 48.3 Å². The van der Waals surface area contributed by atoms with Gasteiger partial charge in [0.2, 0.25) is 41.4 Å². The molecule has 1 aliphatic heterocycles. The largest absolute Gasteiger partial charge is 0.481 e. The van der Waals surface area contributed by atoms with E-state index in [4.69, 9.17) is 28.7 Å². The molecule has 27 nitrogen and oxygen atoms in total. The van der Waals surface area contributed by atoms with Crippen LogP contribution in [0.15, 0.2) is 9.98 Å². The van der Waals surface area contributed by atoms with E-state index in [1.165, 1.54) is 18.7 Å². The summed E-state index contributed by atoms with van der Waals surface area (Å²) in [4.78, 5) is 123. The number of hydrogen-bond donors (Lipinski definition) is 15. The van der Waals surface area contributed by atoms with Crippen LogP contribution in [0.3, 0.4) is 0 Å². The van der Waals surface area contributed by atoms with Crippen LogP contribution in [0.1, 0.15) is 58.8 Å². The average Bonchev–Trinajstić information content (AvgIpc) is 3.68. The lowest BCUT2D eigenvalue weighted by molar-refractivity contribution is -0.144. The second-order valence-corrected chi connectivity index (χ2v) is 14.2. The molecule has 7 atom stereocenters. The molecule has 61 heavy (non-hydrogen) atoms. The lowest BCUT2D eigenvalue weighted by Gasteiger charge is -2.28. The molecule has 1 rings (SSSR count). The van der Waals surface area contributed by atoms with E-state index >= 15 is 0 Å². The summed E-state index contributed by atoms with van der Waals surface area (Å²) in [6.07, 6.45) is 0.288. The third-order valence-corrected chi connectivity index (χ3v) is 9.01. The van der Waals surface area contributed by atoms with Crippen LogP contribution in [0.5, 0.6) is 0 Å². The zero-order valence-corrected chi connectivity index (χ0v) is 34.0. The van der Waals surface area contributed by atoms with E-state index in [0.717, 1.165) is 0 Å². The van der Waals surface area contributed by atoms with Crippen molar-refractivity contribution in [2.45, 2.75) is 101 Å². The van der Waals surface area contributed by atoms with Crippen LogP contribution in [0, 0.1) is 5.92 Å². The van der Waals surface area contributed by atoms with Crippen molar-refractivity contribution in [2.24, 2.45) is 44.6 Å². The first-order valence-corrected chi connectivity index (χ1v) is 19.2. The fraction of sp³-hybridized carbons (Fsp3) is 0.676. The minimum atomic E-state index is -1.86. The molecular formula is C34H60N14O13. The molecule has 1 heterocycles. The first kappa shape index (κ1) is 52.7. The number of carboxylic acid groups (broad SMARTS) is 2. The number of aliphatic carboxylic acids is 2. The Kier molecular flexibility index (Phi) is 23.0. The van der Waals surface area contributed by atoms with E-state index in [1.54, 1.807) is 0 Å². The van der Waals surface area contributed by atoms with Crippen molar-refractivity contribution in [1.82, 2.24) is 36.8 Å². The third-order valence-electron chi connectivity index (χ3n) is 9.01. The first-order chi connectivity index (χ1) is 28.6. The number of carbonyl (C=O) groups excluding carboxylic acids is 7. The number of guanidine groups is 2. The van der Waals surface area contributed by atoms with Crippen molar-refractivity contribution in [3.8, 4) is 0 Å². The highest BCUT2D eigenvalue weighted by atomic mass is 16.4. The van der Waals surface area contributed by atoms with Gasteiger partial charge in [-0.1, -0.05) is 13.8 Å². The van der Waals surface area contributed by atoms with Crippen LogP contribution >= 0.6 is 0 Å². The van der Waals surface area contributed by atoms with Gasteiger partial charge in [0.25, 0.3) is 0 Å². The van der Waals surface area contributed by atoms with Crippen molar-refractivity contribution in [2.75, 3.05) is 39.4 Å². The van der Waals surface area contributed by atoms with E-state index in [2.05, 4.69) is 41.9 Å². The van der Waals surface area contributed by atoms with E-state index in [1.807, 2.05) is 0 Å². The number of nitrogens with zero attached hydrogens (tertiary/aromatic N) is 3. The second-order valence-electron chi connectivity index (χ2n) is 14.2. The summed E-state index contributed by atoms with van der Waals surface area (Å²) < 4.78 is 0. The van der Waals surface area contributed by atoms with Gasteiger partial charge in [0.15, 0.2) is 11.9 Å². The van der Waals surface area contributed by atoms with Gasteiger partial charge in [-0.25, -0.2) is 4.79 Å². The van der Waals surface area contributed by atoms with Crippen molar-refractivity contribution in [3.05, 3.63) is 0 Å². The Morgan fingerprint density at radius 1 is 0.705 bits per heavy atom. The molecular weight excluding hydrogens is 812 g/mol. The van der Waals surface area contributed by atoms with Crippen LogP contribution in [0.25, 0.3) is 0 Å². The molecule has 1 saturated heterocycles. The second kappa shape index (κ2) is 26.7. The molecule has 7 amide bonds. The number of hydrogen-bond acceptors (Lipinski definition) is 14. The monoisotopic (exact) mass is 872 g/mol. The fourth-order valence-electron chi connectivity index (χ4n) is 5.82. The number of nitrogens with one attached hydrogen (secondary N) is 6. The normalized spacial score (nSPS) is 16.3. The molecule has 0 aliphatic carbocycles. The van der Waals surface area contributed by atoms with Gasteiger partial charge in [0, 0.05) is 19.6 Å². The maximum Gasteiger partial charge on any atom is 0.326 e. The van der Waals surface area contributed by atoms with Gasteiger partial charge < -0.3 is 85.9 Å². The minimum Gasteiger partial charge on any atom is -0.481 e. The summed E-state index contributed by atoms with van der Waals surface area (Å²) >= 11 is 0. The van der Waals surface area contributed by atoms with Crippen LogP contribution < -0.4 is 60.6 Å². The Morgan fingerprint density at radius 2 is 1.23 bits per heavy atom. The number of rotatable bonds is 27. The Bertz CT molecular complexity index is 1620. The van der Waals surface area contributed by atoms with E-state index in [0.29, 0.717) is 12.8 Å². The SMILES string of the molecule is CC(C)[C@H](NC(=O)CNC(=O)[C@H](CO)NC(=O)[C@@H]1CCCN1C(=O)[C@@H](N)CCCN=C(N)N)C(=O)N[C@@H](CO)C(=O)N[C@@H](CC(=O)O)C(=O)N[C@@H](CCCN=C(N)N)C(=O)O. The molecule has 27 heteroatoms. The number of nitrogens with two attached hydrogens (primary N) is 5. The zero-order chi connectivity index (χ0) is 46.4. The van der Waals surface area contributed by atoms with Gasteiger partial charge in [-0.15, -0.1) is 0 Å². The van der Waals surface area contributed by atoms with Gasteiger partial charge in [0.1, 0.15) is 36.3 Å². The number of aliphatic hydroxyl groups excluding tert-OH is 2. The van der Waals surface area contributed by atoms with Crippen molar-refractivity contribution >= 4 is 65.2 Å². The number of amides is 7. The highest BCUT2D eigenvalue weighted by Gasteiger charge is 2.38.